The summed E-state index contributed by atoms with van der Waals surface area (Å²) in [7, 11) is 2.02. The minimum Gasteiger partial charge on any atom is -0.350 e. The predicted molar refractivity (Wildman–Crippen MR) is 114 cm³/mol. The summed E-state index contributed by atoms with van der Waals surface area (Å²) in [4.78, 5) is 11.4. The first-order valence-electron chi connectivity index (χ1n) is 8.68. The molecular formula is C19H19Cl2N5S. The molecule has 4 aromatic rings. The normalized spacial score (nSPS) is 13.0. The Hall–Kier alpha value is -1.89. The van der Waals surface area contributed by atoms with Gasteiger partial charge in [0, 0.05) is 23.7 Å². The number of halogens is 2. The third kappa shape index (κ3) is 3.26. The number of rotatable bonds is 4. The second kappa shape index (κ2) is 6.93. The van der Waals surface area contributed by atoms with Crippen molar-refractivity contribution < 1.29 is 0 Å². The summed E-state index contributed by atoms with van der Waals surface area (Å²) in [5.41, 5.74) is 2.79. The summed E-state index contributed by atoms with van der Waals surface area (Å²) in [6.07, 6.45) is 1.87. The van der Waals surface area contributed by atoms with Crippen molar-refractivity contribution in [2.24, 2.45) is 0 Å². The van der Waals surface area contributed by atoms with Gasteiger partial charge in [-0.2, -0.15) is 9.61 Å². The van der Waals surface area contributed by atoms with Gasteiger partial charge in [-0.3, -0.25) is 0 Å². The Kier molecular flexibility index (Phi) is 4.74. The van der Waals surface area contributed by atoms with Gasteiger partial charge in [0.25, 0.3) is 0 Å². The molecule has 0 amide bonds. The van der Waals surface area contributed by atoms with Crippen LogP contribution in [0.3, 0.4) is 0 Å². The monoisotopic (exact) mass is 419 g/mol. The van der Waals surface area contributed by atoms with Gasteiger partial charge in [0.1, 0.15) is 16.0 Å². The third-order valence-corrected chi connectivity index (χ3v) is 6.37. The highest BCUT2D eigenvalue weighted by Gasteiger charge is 2.21. The minimum atomic E-state index is 0.0366. The van der Waals surface area contributed by atoms with Crippen LogP contribution in [0.25, 0.3) is 15.9 Å². The van der Waals surface area contributed by atoms with Crippen LogP contribution in [-0.4, -0.2) is 26.6 Å². The Bertz CT molecular complexity index is 1130. The first-order chi connectivity index (χ1) is 12.8. The van der Waals surface area contributed by atoms with E-state index < -0.39 is 0 Å². The Labute approximate surface area is 171 Å². The molecule has 0 N–H and O–H groups in total. The zero-order valence-electron chi connectivity index (χ0n) is 15.4. The third-order valence-electron chi connectivity index (χ3n) is 4.74. The van der Waals surface area contributed by atoms with Gasteiger partial charge in [-0.25, -0.2) is 9.97 Å². The highest BCUT2D eigenvalue weighted by Crippen LogP contribution is 2.34. The predicted octanol–water partition coefficient (Wildman–Crippen LogP) is 5.97. The van der Waals surface area contributed by atoms with Crippen LogP contribution in [0.2, 0.25) is 10.2 Å². The fourth-order valence-corrected chi connectivity index (χ4v) is 4.44. The van der Waals surface area contributed by atoms with E-state index in [9.17, 15) is 0 Å². The summed E-state index contributed by atoms with van der Waals surface area (Å²) in [6, 6.07) is 7.67. The molecule has 0 spiro atoms. The second-order valence-electron chi connectivity index (χ2n) is 6.88. The molecule has 1 unspecified atom stereocenters. The molecule has 3 heterocycles. The zero-order valence-corrected chi connectivity index (χ0v) is 17.8. The van der Waals surface area contributed by atoms with Crippen LogP contribution >= 0.6 is 34.5 Å². The van der Waals surface area contributed by atoms with E-state index in [2.05, 4.69) is 35.8 Å². The Morgan fingerprint density at radius 3 is 2.63 bits per heavy atom. The number of hydrogen-bond acceptors (Lipinski definition) is 5. The van der Waals surface area contributed by atoms with Crippen LogP contribution in [0.5, 0.6) is 0 Å². The zero-order chi connectivity index (χ0) is 19.3. The lowest BCUT2D eigenvalue weighted by Gasteiger charge is -2.25. The number of hydrogen-bond donors (Lipinski definition) is 0. The maximum Gasteiger partial charge on any atom is 0.162 e. The minimum absolute atomic E-state index is 0.0366. The van der Waals surface area contributed by atoms with Gasteiger partial charge in [-0.1, -0.05) is 37.0 Å². The number of anilines is 1. The van der Waals surface area contributed by atoms with E-state index in [1.54, 1.807) is 11.3 Å². The molecular weight excluding hydrogens is 401 g/mol. The maximum atomic E-state index is 6.33. The largest absolute Gasteiger partial charge is 0.350 e. The van der Waals surface area contributed by atoms with Crippen LogP contribution in [0.15, 0.2) is 30.5 Å². The van der Waals surface area contributed by atoms with Crippen molar-refractivity contribution in [1.29, 1.82) is 0 Å². The number of aromatic nitrogens is 4. The molecule has 0 bridgehead atoms. The maximum absolute atomic E-state index is 6.33. The fourth-order valence-electron chi connectivity index (χ4n) is 3.05. The van der Waals surface area contributed by atoms with Crippen LogP contribution in [0.1, 0.15) is 43.3 Å². The van der Waals surface area contributed by atoms with Crippen molar-refractivity contribution in [2.45, 2.75) is 32.7 Å². The van der Waals surface area contributed by atoms with Gasteiger partial charge in [0.15, 0.2) is 5.65 Å². The molecule has 0 saturated heterocycles. The van der Waals surface area contributed by atoms with Gasteiger partial charge in [-0.15, -0.1) is 11.3 Å². The smallest absolute Gasteiger partial charge is 0.162 e. The van der Waals surface area contributed by atoms with Crippen molar-refractivity contribution >= 4 is 56.2 Å². The van der Waals surface area contributed by atoms with Crippen LogP contribution in [-0.2, 0) is 0 Å². The van der Waals surface area contributed by atoms with E-state index in [0.717, 1.165) is 32.3 Å². The van der Waals surface area contributed by atoms with Gasteiger partial charge < -0.3 is 4.90 Å². The molecule has 0 fully saturated rings. The fraction of sp³-hybridized carbons (Fsp3) is 0.316. The number of fused-ring (bicyclic) bond motifs is 2. The molecule has 8 heteroatoms. The van der Waals surface area contributed by atoms with E-state index in [-0.39, 0.29) is 6.04 Å². The number of thiazole rings is 1. The molecule has 0 aliphatic rings. The molecule has 0 aliphatic heterocycles. The summed E-state index contributed by atoms with van der Waals surface area (Å²) < 4.78 is 2.97. The quantitative estimate of drug-likeness (QED) is 0.382. The number of nitrogens with zero attached hydrogens (tertiary/aromatic N) is 5. The summed E-state index contributed by atoms with van der Waals surface area (Å²) in [6.45, 7) is 6.36. The SMILES string of the molecule is CC(C)c1cnn2c(N(C)C(C)c3nc4cc(Cl)ccc4s3)cc(Cl)nc12. The molecule has 1 aromatic carbocycles. The van der Waals surface area contributed by atoms with Crippen LogP contribution in [0, 0.1) is 0 Å². The van der Waals surface area contributed by atoms with Crippen LogP contribution in [0.4, 0.5) is 5.82 Å². The van der Waals surface area contributed by atoms with Gasteiger partial charge in [0.05, 0.1) is 22.5 Å². The molecule has 140 valence electrons. The highest BCUT2D eigenvalue weighted by atomic mass is 35.5. The Morgan fingerprint density at radius 1 is 1.11 bits per heavy atom. The average Bonchev–Trinajstić information content (AvgIpc) is 3.23. The Balaban J connectivity index is 1.77. The van der Waals surface area contributed by atoms with Gasteiger partial charge in [-0.05, 0) is 31.0 Å². The van der Waals surface area contributed by atoms with Gasteiger partial charge >= 0.3 is 0 Å². The molecule has 4 rings (SSSR count). The van der Waals surface area contributed by atoms with Crippen molar-refractivity contribution in [3.05, 3.63) is 51.2 Å². The summed E-state index contributed by atoms with van der Waals surface area (Å²) in [5, 5.41) is 6.71. The number of benzene rings is 1. The molecule has 0 aliphatic carbocycles. The second-order valence-corrected chi connectivity index (χ2v) is 8.76. The Morgan fingerprint density at radius 2 is 1.89 bits per heavy atom. The summed E-state index contributed by atoms with van der Waals surface area (Å²) >= 11 is 14.1. The molecule has 0 radical (unpaired) electrons. The standard InChI is InChI=1S/C19H19Cl2N5S/c1-10(2)13-9-22-26-17(8-16(21)24-18(13)26)25(4)11(3)19-23-14-7-12(20)5-6-15(14)27-19/h5-11H,1-4H3. The highest BCUT2D eigenvalue weighted by molar-refractivity contribution is 7.18. The topological polar surface area (TPSA) is 46.3 Å². The molecule has 5 nitrogen and oxygen atoms in total. The molecule has 0 saturated carbocycles. The van der Waals surface area contributed by atoms with Crippen molar-refractivity contribution in [3.8, 4) is 0 Å². The molecule has 27 heavy (non-hydrogen) atoms. The average molecular weight is 420 g/mol. The van der Waals surface area contributed by atoms with Crippen molar-refractivity contribution in [1.82, 2.24) is 19.6 Å². The van der Waals surface area contributed by atoms with E-state index in [4.69, 9.17) is 28.2 Å². The lowest BCUT2D eigenvalue weighted by molar-refractivity contribution is 0.706. The summed E-state index contributed by atoms with van der Waals surface area (Å²) in [5.74, 6) is 1.19. The first kappa shape index (κ1) is 18.5. The lowest BCUT2D eigenvalue weighted by atomic mass is 10.1. The molecule has 3 aromatic heterocycles. The lowest BCUT2D eigenvalue weighted by Crippen LogP contribution is -2.24. The van der Waals surface area contributed by atoms with Crippen molar-refractivity contribution in [3.63, 3.8) is 0 Å². The molecule has 1 atom stereocenters. The van der Waals surface area contributed by atoms with E-state index in [1.807, 2.05) is 42.0 Å². The van der Waals surface area contributed by atoms with E-state index in [1.165, 1.54) is 0 Å². The first-order valence-corrected chi connectivity index (χ1v) is 10.3. The van der Waals surface area contributed by atoms with Crippen LogP contribution < -0.4 is 4.90 Å². The van der Waals surface area contributed by atoms with Crippen molar-refractivity contribution in [2.75, 3.05) is 11.9 Å². The van der Waals surface area contributed by atoms with Gasteiger partial charge in [0.2, 0.25) is 0 Å². The van der Waals surface area contributed by atoms with E-state index in [0.29, 0.717) is 16.1 Å². The van der Waals surface area contributed by atoms with E-state index >= 15 is 0 Å².